The third-order valence-electron chi connectivity index (χ3n) is 3.39. The van der Waals surface area contributed by atoms with Gasteiger partial charge in [0.25, 0.3) is 0 Å². The minimum absolute atomic E-state index is 0.0346. The van der Waals surface area contributed by atoms with E-state index < -0.39 is 0 Å². The highest BCUT2D eigenvalue weighted by molar-refractivity contribution is 5.81. The Labute approximate surface area is 104 Å². The number of nitrogens with two attached hydrogens (primary N) is 1. The number of hydrogen-bond donors (Lipinski definition) is 2. The van der Waals surface area contributed by atoms with Gasteiger partial charge in [-0.3, -0.25) is 9.69 Å². The summed E-state index contributed by atoms with van der Waals surface area (Å²) >= 11 is 0. The SMILES string of the molecule is CCC(C)[C@@H](N)C(=O)NCCN1CCOCC1. The average Bonchev–Trinajstić information content (AvgIpc) is 2.38. The molecule has 1 heterocycles. The summed E-state index contributed by atoms with van der Waals surface area (Å²) in [6.45, 7) is 9.09. The van der Waals surface area contributed by atoms with E-state index in [1.54, 1.807) is 0 Å². The Bertz CT molecular complexity index is 230. The molecule has 5 nitrogen and oxygen atoms in total. The molecule has 1 rings (SSSR count). The van der Waals surface area contributed by atoms with Crippen molar-refractivity contribution in [3.63, 3.8) is 0 Å². The van der Waals surface area contributed by atoms with Crippen molar-refractivity contribution in [2.45, 2.75) is 26.3 Å². The second-order valence-corrected chi connectivity index (χ2v) is 4.66. The van der Waals surface area contributed by atoms with Crippen LogP contribution in [0.15, 0.2) is 0 Å². The quantitative estimate of drug-likeness (QED) is 0.678. The molecule has 1 aliphatic heterocycles. The van der Waals surface area contributed by atoms with E-state index in [4.69, 9.17) is 10.5 Å². The predicted molar refractivity (Wildman–Crippen MR) is 67.7 cm³/mol. The molecule has 1 amide bonds. The highest BCUT2D eigenvalue weighted by atomic mass is 16.5. The minimum Gasteiger partial charge on any atom is -0.379 e. The lowest BCUT2D eigenvalue weighted by atomic mass is 9.99. The van der Waals surface area contributed by atoms with Gasteiger partial charge in [0.1, 0.15) is 0 Å². The molecule has 1 aliphatic rings. The van der Waals surface area contributed by atoms with Gasteiger partial charge < -0.3 is 15.8 Å². The van der Waals surface area contributed by atoms with E-state index in [0.29, 0.717) is 6.54 Å². The van der Waals surface area contributed by atoms with Crippen molar-refractivity contribution in [2.24, 2.45) is 11.7 Å². The number of nitrogens with zero attached hydrogens (tertiary/aromatic N) is 1. The van der Waals surface area contributed by atoms with Gasteiger partial charge in [-0.25, -0.2) is 0 Å². The first kappa shape index (κ1) is 14.4. The number of hydrogen-bond acceptors (Lipinski definition) is 4. The first-order chi connectivity index (χ1) is 8.15. The molecule has 0 aliphatic carbocycles. The smallest absolute Gasteiger partial charge is 0.237 e. The van der Waals surface area contributed by atoms with Crippen LogP contribution in [0.4, 0.5) is 0 Å². The molecule has 0 aromatic rings. The Morgan fingerprint density at radius 2 is 2.12 bits per heavy atom. The second-order valence-electron chi connectivity index (χ2n) is 4.66. The molecule has 0 radical (unpaired) electrons. The van der Waals surface area contributed by atoms with Crippen LogP contribution < -0.4 is 11.1 Å². The van der Waals surface area contributed by atoms with Gasteiger partial charge >= 0.3 is 0 Å². The van der Waals surface area contributed by atoms with Crippen LogP contribution in [-0.2, 0) is 9.53 Å². The number of morpholine rings is 1. The van der Waals surface area contributed by atoms with Gasteiger partial charge in [-0.15, -0.1) is 0 Å². The van der Waals surface area contributed by atoms with Crippen LogP contribution >= 0.6 is 0 Å². The molecule has 100 valence electrons. The molecule has 0 bridgehead atoms. The Morgan fingerprint density at radius 3 is 2.71 bits per heavy atom. The van der Waals surface area contributed by atoms with Crippen molar-refractivity contribution < 1.29 is 9.53 Å². The van der Waals surface area contributed by atoms with E-state index in [1.807, 2.05) is 13.8 Å². The van der Waals surface area contributed by atoms with Gasteiger partial charge in [0, 0.05) is 26.2 Å². The molecule has 1 unspecified atom stereocenters. The summed E-state index contributed by atoms with van der Waals surface area (Å²) in [6.07, 6.45) is 0.929. The van der Waals surface area contributed by atoms with Crippen molar-refractivity contribution in [3.8, 4) is 0 Å². The van der Waals surface area contributed by atoms with Crippen molar-refractivity contribution in [2.75, 3.05) is 39.4 Å². The van der Waals surface area contributed by atoms with Crippen LogP contribution in [0.2, 0.25) is 0 Å². The fourth-order valence-corrected chi connectivity index (χ4v) is 1.79. The maximum atomic E-state index is 11.7. The monoisotopic (exact) mass is 243 g/mol. The highest BCUT2D eigenvalue weighted by Gasteiger charge is 2.19. The third kappa shape index (κ3) is 5.02. The van der Waals surface area contributed by atoms with Crippen molar-refractivity contribution in [1.29, 1.82) is 0 Å². The minimum atomic E-state index is -0.385. The zero-order valence-corrected chi connectivity index (χ0v) is 10.9. The normalized spacial score (nSPS) is 20.9. The van der Waals surface area contributed by atoms with Crippen LogP contribution in [0.5, 0.6) is 0 Å². The van der Waals surface area contributed by atoms with Gasteiger partial charge in [0.2, 0.25) is 5.91 Å². The molecule has 2 atom stereocenters. The maximum absolute atomic E-state index is 11.7. The van der Waals surface area contributed by atoms with Gasteiger partial charge in [0.05, 0.1) is 19.3 Å². The summed E-state index contributed by atoms with van der Waals surface area (Å²) in [5.74, 6) is 0.200. The maximum Gasteiger partial charge on any atom is 0.237 e. The summed E-state index contributed by atoms with van der Waals surface area (Å²) < 4.78 is 5.26. The number of amides is 1. The lowest BCUT2D eigenvalue weighted by molar-refractivity contribution is -0.123. The first-order valence-corrected chi connectivity index (χ1v) is 6.48. The molecule has 1 fully saturated rings. The Morgan fingerprint density at radius 1 is 1.47 bits per heavy atom. The summed E-state index contributed by atoms with van der Waals surface area (Å²) in [7, 11) is 0. The zero-order valence-electron chi connectivity index (χ0n) is 10.9. The van der Waals surface area contributed by atoms with E-state index >= 15 is 0 Å². The Kier molecular flexibility index (Phi) is 6.47. The molecule has 0 aromatic heterocycles. The lowest BCUT2D eigenvalue weighted by Gasteiger charge is -2.27. The predicted octanol–water partition coefficient (Wildman–Crippen LogP) is -0.192. The number of carbonyl (C=O) groups excluding carboxylic acids is 1. The van der Waals surface area contributed by atoms with Crippen molar-refractivity contribution in [3.05, 3.63) is 0 Å². The number of nitrogens with one attached hydrogen (secondary N) is 1. The van der Waals surface area contributed by atoms with E-state index in [2.05, 4.69) is 10.2 Å². The third-order valence-corrected chi connectivity index (χ3v) is 3.39. The molecule has 0 aromatic carbocycles. The summed E-state index contributed by atoms with van der Waals surface area (Å²) in [5, 5.41) is 2.90. The van der Waals surface area contributed by atoms with Gasteiger partial charge in [-0.1, -0.05) is 20.3 Å². The number of carbonyl (C=O) groups is 1. The zero-order chi connectivity index (χ0) is 12.7. The average molecular weight is 243 g/mol. The van der Waals surface area contributed by atoms with E-state index in [9.17, 15) is 4.79 Å². The topological polar surface area (TPSA) is 67.6 Å². The van der Waals surface area contributed by atoms with E-state index in [1.165, 1.54) is 0 Å². The van der Waals surface area contributed by atoms with Crippen LogP contribution in [0.1, 0.15) is 20.3 Å². The fourth-order valence-electron chi connectivity index (χ4n) is 1.79. The van der Waals surface area contributed by atoms with Crippen LogP contribution in [0, 0.1) is 5.92 Å². The molecular weight excluding hydrogens is 218 g/mol. The number of rotatable bonds is 6. The van der Waals surface area contributed by atoms with Crippen molar-refractivity contribution >= 4 is 5.91 Å². The van der Waals surface area contributed by atoms with E-state index in [0.717, 1.165) is 39.3 Å². The molecule has 1 saturated heterocycles. The number of ether oxygens (including phenoxy) is 1. The molecule has 0 spiro atoms. The van der Waals surface area contributed by atoms with Gasteiger partial charge in [0.15, 0.2) is 0 Å². The largest absolute Gasteiger partial charge is 0.379 e. The molecular formula is C12H25N3O2. The fraction of sp³-hybridized carbons (Fsp3) is 0.917. The van der Waals surface area contributed by atoms with Crippen LogP contribution in [0.3, 0.4) is 0 Å². The molecule has 3 N–H and O–H groups in total. The molecule has 0 saturated carbocycles. The van der Waals surface area contributed by atoms with E-state index in [-0.39, 0.29) is 17.9 Å². The summed E-state index contributed by atoms with van der Waals surface area (Å²) in [6, 6.07) is -0.385. The molecule has 17 heavy (non-hydrogen) atoms. The first-order valence-electron chi connectivity index (χ1n) is 6.48. The van der Waals surface area contributed by atoms with Crippen LogP contribution in [-0.4, -0.2) is 56.2 Å². The lowest BCUT2D eigenvalue weighted by Crippen LogP contribution is -2.47. The Hall–Kier alpha value is -0.650. The standard InChI is InChI=1S/C12H25N3O2/c1-3-10(2)11(13)12(16)14-4-5-15-6-8-17-9-7-15/h10-11H,3-9,13H2,1-2H3,(H,14,16)/t10?,11-/m1/s1. The second kappa shape index (κ2) is 7.63. The Balaban J connectivity index is 2.14. The highest BCUT2D eigenvalue weighted by Crippen LogP contribution is 2.04. The molecule has 5 heteroatoms. The van der Waals surface area contributed by atoms with Gasteiger partial charge in [-0.2, -0.15) is 0 Å². The summed E-state index contributed by atoms with van der Waals surface area (Å²) in [4.78, 5) is 14.0. The van der Waals surface area contributed by atoms with Crippen molar-refractivity contribution in [1.82, 2.24) is 10.2 Å². The van der Waals surface area contributed by atoms with Gasteiger partial charge in [-0.05, 0) is 5.92 Å². The summed E-state index contributed by atoms with van der Waals surface area (Å²) in [5.41, 5.74) is 5.84. The van der Waals surface area contributed by atoms with Crippen LogP contribution in [0.25, 0.3) is 0 Å².